The fraction of sp³-hybridized carbons (Fsp3) is 0.556. The van der Waals surface area contributed by atoms with Crippen molar-refractivity contribution in [1.82, 2.24) is 10.6 Å². The van der Waals surface area contributed by atoms with Crippen molar-refractivity contribution in [2.24, 2.45) is 0 Å². The van der Waals surface area contributed by atoms with Crippen LogP contribution in [0.25, 0.3) is 0 Å². The molecule has 0 fully saturated rings. The summed E-state index contributed by atoms with van der Waals surface area (Å²) in [5.74, 6) is 1.52. The molecule has 5 heteroatoms. The predicted octanol–water partition coefficient (Wildman–Crippen LogP) is 0.174. The van der Waals surface area contributed by atoms with Crippen LogP contribution in [0.5, 0.6) is 0 Å². The molecule has 0 rings (SSSR count). The Labute approximate surface area is 82.9 Å². The van der Waals surface area contributed by atoms with E-state index in [4.69, 9.17) is 11.5 Å². The molecule has 3 N–H and O–H groups in total. The summed E-state index contributed by atoms with van der Waals surface area (Å²) in [5.41, 5.74) is 0. The van der Waals surface area contributed by atoms with Gasteiger partial charge in [-0.25, -0.2) is 4.79 Å². The first-order chi connectivity index (χ1) is 6.66. The summed E-state index contributed by atoms with van der Waals surface area (Å²) >= 11 is 0. The Hall–Kier alpha value is -1.70. The molecular weight excluding hydrogens is 184 g/mol. The van der Waals surface area contributed by atoms with Gasteiger partial charge in [-0.2, -0.15) is 0 Å². The number of rotatable bonds is 6. The van der Waals surface area contributed by atoms with Gasteiger partial charge < -0.3 is 15.7 Å². The minimum absolute atomic E-state index is 0.0717. The SMILES string of the molecule is C#CCCCNC(=O)NCCC(=O)O. The van der Waals surface area contributed by atoms with Gasteiger partial charge in [-0.1, -0.05) is 0 Å². The molecule has 0 saturated heterocycles. The van der Waals surface area contributed by atoms with E-state index < -0.39 is 5.97 Å². The van der Waals surface area contributed by atoms with Gasteiger partial charge in [0.15, 0.2) is 0 Å². The number of carboxylic acid groups (broad SMARTS) is 1. The second-order valence-electron chi connectivity index (χ2n) is 2.63. The van der Waals surface area contributed by atoms with Gasteiger partial charge >= 0.3 is 12.0 Å². The number of hydrogen-bond donors (Lipinski definition) is 3. The van der Waals surface area contributed by atoms with Crippen molar-refractivity contribution < 1.29 is 14.7 Å². The van der Waals surface area contributed by atoms with Gasteiger partial charge in [0, 0.05) is 19.5 Å². The molecular formula is C9H14N2O3. The van der Waals surface area contributed by atoms with Crippen molar-refractivity contribution in [3.8, 4) is 12.3 Å². The van der Waals surface area contributed by atoms with Crippen LogP contribution in [0, 0.1) is 12.3 Å². The van der Waals surface area contributed by atoms with E-state index in [9.17, 15) is 9.59 Å². The first-order valence-corrected chi connectivity index (χ1v) is 4.33. The normalized spacial score (nSPS) is 8.79. The van der Waals surface area contributed by atoms with E-state index in [1.807, 2.05) is 0 Å². The summed E-state index contributed by atoms with van der Waals surface area (Å²) in [7, 11) is 0. The average molecular weight is 198 g/mol. The summed E-state index contributed by atoms with van der Waals surface area (Å²) in [5, 5.41) is 13.2. The van der Waals surface area contributed by atoms with E-state index in [0.717, 1.165) is 6.42 Å². The average Bonchev–Trinajstić information content (AvgIpc) is 2.12. The number of amides is 2. The summed E-state index contributed by atoms with van der Waals surface area (Å²) in [6, 6.07) is -0.358. The van der Waals surface area contributed by atoms with Gasteiger partial charge in [0.25, 0.3) is 0 Å². The minimum Gasteiger partial charge on any atom is -0.481 e. The number of aliphatic carboxylic acids is 1. The van der Waals surface area contributed by atoms with E-state index in [-0.39, 0.29) is 19.0 Å². The molecule has 0 aromatic rings. The van der Waals surface area contributed by atoms with Gasteiger partial charge in [0.1, 0.15) is 0 Å². The van der Waals surface area contributed by atoms with Crippen molar-refractivity contribution in [3.63, 3.8) is 0 Å². The van der Waals surface area contributed by atoms with Crippen molar-refractivity contribution in [3.05, 3.63) is 0 Å². The van der Waals surface area contributed by atoms with E-state index in [1.165, 1.54) is 0 Å². The molecule has 0 aromatic heterocycles. The maximum absolute atomic E-state index is 10.9. The predicted molar refractivity (Wildman–Crippen MR) is 51.7 cm³/mol. The lowest BCUT2D eigenvalue weighted by Crippen LogP contribution is -2.37. The second kappa shape index (κ2) is 7.92. The highest BCUT2D eigenvalue weighted by Gasteiger charge is 2.00. The molecule has 0 aromatic carbocycles. The van der Waals surface area contributed by atoms with Crippen LogP contribution in [-0.4, -0.2) is 30.2 Å². The van der Waals surface area contributed by atoms with Crippen LogP contribution in [0.15, 0.2) is 0 Å². The Balaban J connectivity index is 3.29. The fourth-order valence-electron chi connectivity index (χ4n) is 0.738. The smallest absolute Gasteiger partial charge is 0.314 e. The Morgan fingerprint density at radius 3 is 2.50 bits per heavy atom. The maximum atomic E-state index is 10.9. The molecule has 0 unspecified atom stereocenters. The van der Waals surface area contributed by atoms with Crippen LogP contribution >= 0.6 is 0 Å². The highest BCUT2D eigenvalue weighted by atomic mass is 16.4. The third-order valence-corrected chi connectivity index (χ3v) is 1.41. The molecule has 0 spiro atoms. The van der Waals surface area contributed by atoms with E-state index >= 15 is 0 Å². The molecule has 0 radical (unpaired) electrons. The number of carbonyl (C=O) groups excluding carboxylic acids is 1. The van der Waals surface area contributed by atoms with E-state index in [2.05, 4.69) is 16.6 Å². The summed E-state index contributed by atoms with van der Waals surface area (Å²) in [6.45, 7) is 0.638. The summed E-state index contributed by atoms with van der Waals surface area (Å²) in [4.78, 5) is 21.0. The molecule has 0 heterocycles. The zero-order valence-electron chi connectivity index (χ0n) is 7.88. The number of terminal acetylenes is 1. The van der Waals surface area contributed by atoms with Crippen LogP contribution in [0.3, 0.4) is 0 Å². The summed E-state index contributed by atoms with van der Waals surface area (Å²) < 4.78 is 0. The maximum Gasteiger partial charge on any atom is 0.314 e. The fourth-order valence-corrected chi connectivity index (χ4v) is 0.738. The Bertz CT molecular complexity index is 233. The number of unbranched alkanes of at least 4 members (excludes halogenated alkanes) is 1. The van der Waals surface area contributed by atoms with Gasteiger partial charge in [-0.05, 0) is 6.42 Å². The number of hydrogen-bond acceptors (Lipinski definition) is 2. The Kier molecular flexibility index (Phi) is 6.96. The second-order valence-corrected chi connectivity index (χ2v) is 2.63. The van der Waals surface area contributed by atoms with Crippen molar-refractivity contribution in [1.29, 1.82) is 0 Å². The lowest BCUT2D eigenvalue weighted by molar-refractivity contribution is -0.136. The Morgan fingerprint density at radius 1 is 1.29 bits per heavy atom. The minimum atomic E-state index is -0.933. The van der Waals surface area contributed by atoms with Crippen molar-refractivity contribution in [2.75, 3.05) is 13.1 Å². The molecule has 0 atom stereocenters. The molecule has 5 nitrogen and oxygen atoms in total. The summed E-state index contributed by atoms with van der Waals surface area (Å²) in [6.07, 6.45) is 6.29. The standard InChI is InChI=1S/C9H14N2O3/c1-2-3-4-6-10-9(14)11-7-5-8(12)13/h1H,3-7H2,(H,12,13)(H2,10,11,14). The molecule has 2 amide bonds. The van der Waals surface area contributed by atoms with Crippen LogP contribution in [0.4, 0.5) is 4.79 Å². The molecule has 0 aliphatic rings. The molecule has 0 aliphatic heterocycles. The largest absolute Gasteiger partial charge is 0.481 e. The van der Waals surface area contributed by atoms with Crippen molar-refractivity contribution >= 4 is 12.0 Å². The quantitative estimate of drug-likeness (QED) is 0.420. The molecule has 14 heavy (non-hydrogen) atoms. The number of nitrogens with one attached hydrogen (secondary N) is 2. The third kappa shape index (κ3) is 8.40. The van der Waals surface area contributed by atoms with Crippen molar-refractivity contribution in [2.45, 2.75) is 19.3 Å². The topological polar surface area (TPSA) is 78.4 Å². The lowest BCUT2D eigenvalue weighted by Gasteiger charge is -2.04. The highest BCUT2D eigenvalue weighted by molar-refractivity contribution is 5.74. The Morgan fingerprint density at radius 2 is 1.93 bits per heavy atom. The lowest BCUT2D eigenvalue weighted by atomic mass is 10.3. The number of urea groups is 1. The zero-order chi connectivity index (χ0) is 10.8. The van der Waals surface area contributed by atoms with E-state index in [0.29, 0.717) is 13.0 Å². The van der Waals surface area contributed by atoms with Gasteiger partial charge in [0.2, 0.25) is 0 Å². The first-order valence-electron chi connectivity index (χ1n) is 4.33. The monoisotopic (exact) mass is 198 g/mol. The number of carbonyl (C=O) groups is 2. The van der Waals surface area contributed by atoms with Gasteiger partial charge in [-0.15, -0.1) is 12.3 Å². The zero-order valence-corrected chi connectivity index (χ0v) is 7.88. The van der Waals surface area contributed by atoms with Gasteiger partial charge in [0.05, 0.1) is 6.42 Å². The molecule has 0 aliphatic carbocycles. The third-order valence-electron chi connectivity index (χ3n) is 1.41. The van der Waals surface area contributed by atoms with Gasteiger partial charge in [-0.3, -0.25) is 4.79 Å². The van der Waals surface area contributed by atoms with Crippen LogP contribution in [0.1, 0.15) is 19.3 Å². The molecule has 78 valence electrons. The first kappa shape index (κ1) is 12.3. The molecule has 0 saturated carbocycles. The number of carboxylic acids is 1. The van der Waals surface area contributed by atoms with Crippen LogP contribution < -0.4 is 10.6 Å². The van der Waals surface area contributed by atoms with Crippen LogP contribution in [0.2, 0.25) is 0 Å². The van der Waals surface area contributed by atoms with E-state index in [1.54, 1.807) is 0 Å². The van der Waals surface area contributed by atoms with Crippen LogP contribution in [-0.2, 0) is 4.79 Å². The molecule has 0 bridgehead atoms. The highest BCUT2D eigenvalue weighted by Crippen LogP contribution is 1.82.